The van der Waals surface area contributed by atoms with Gasteiger partial charge in [-0.05, 0) is 55.5 Å². The Bertz CT molecular complexity index is 2070. The van der Waals surface area contributed by atoms with Crippen molar-refractivity contribution >= 4 is 63.3 Å². The van der Waals surface area contributed by atoms with E-state index in [1.807, 2.05) is 72.4 Å². The summed E-state index contributed by atoms with van der Waals surface area (Å²) in [5.41, 5.74) is 3.20. The lowest BCUT2D eigenvalue weighted by Crippen LogP contribution is -2.36. The van der Waals surface area contributed by atoms with E-state index in [2.05, 4.69) is 38.7 Å². The number of thioether (sulfide) groups is 1. The van der Waals surface area contributed by atoms with Crippen LogP contribution in [0.4, 0.5) is 16.6 Å². The minimum Gasteiger partial charge on any atom is -0.494 e. The highest BCUT2D eigenvalue weighted by Crippen LogP contribution is 2.34. The van der Waals surface area contributed by atoms with E-state index < -0.39 is 0 Å². The molecule has 3 aromatic carbocycles. The number of anilines is 2. The van der Waals surface area contributed by atoms with Gasteiger partial charge in [-0.1, -0.05) is 61.4 Å². The molecule has 2 aliphatic heterocycles. The van der Waals surface area contributed by atoms with E-state index in [4.69, 9.17) is 19.7 Å². The zero-order valence-electron chi connectivity index (χ0n) is 29.8. The number of methoxy groups -OCH3 is 1. The summed E-state index contributed by atoms with van der Waals surface area (Å²) in [7, 11) is 1.61. The highest BCUT2D eigenvalue weighted by atomic mass is 32.2. The maximum absolute atomic E-state index is 13.2. The third kappa shape index (κ3) is 8.65. The van der Waals surface area contributed by atoms with E-state index in [0.29, 0.717) is 72.1 Å². The number of nitrogens with zero attached hydrogens (tertiary/aromatic N) is 4. The highest BCUT2D eigenvalue weighted by molar-refractivity contribution is 8.00. The van der Waals surface area contributed by atoms with Crippen LogP contribution in [0.2, 0.25) is 0 Å². The Morgan fingerprint density at radius 1 is 0.887 bits per heavy atom. The molecule has 5 aromatic rings. The van der Waals surface area contributed by atoms with Crippen LogP contribution in [0.3, 0.4) is 0 Å². The summed E-state index contributed by atoms with van der Waals surface area (Å²) in [6.45, 7) is 1.14. The number of nitrogens with one attached hydrogen (secondary N) is 5. The van der Waals surface area contributed by atoms with E-state index in [1.165, 1.54) is 0 Å². The maximum Gasteiger partial charge on any atom is 0.315 e. The van der Waals surface area contributed by atoms with Crippen LogP contribution < -0.4 is 31.3 Å². The van der Waals surface area contributed by atoms with Crippen LogP contribution in [0.5, 0.6) is 5.75 Å². The van der Waals surface area contributed by atoms with Crippen molar-refractivity contribution in [3.05, 3.63) is 78.4 Å². The van der Waals surface area contributed by atoms with Crippen LogP contribution in [0.15, 0.2) is 72.8 Å². The summed E-state index contributed by atoms with van der Waals surface area (Å²) in [5.74, 6) is 2.77. The van der Waals surface area contributed by atoms with Crippen LogP contribution >= 0.6 is 11.8 Å². The number of hydrogen-bond acceptors (Lipinski definition) is 9. The predicted octanol–water partition coefficient (Wildman–Crippen LogP) is 5.93. The average Bonchev–Trinajstić information content (AvgIpc) is 3.85. The molecule has 3 atom stereocenters. The first-order valence-corrected chi connectivity index (χ1v) is 19.4. The Balaban J connectivity index is 0.926. The number of carbonyl (C=O) groups is 3. The molecule has 0 spiro atoms. The molecule has 7 rings (SSSR count). The van der Waals surface area contributed by atoms with Crippen molar-refractivity contribution < 1.29 is 19.1 Å². The summed E-state index contributed by atoms with van der Waals surface area (Å²) in [5, 5.41) is 16.7. The number of urea groups is 1. The number of aromatic nitrogens is 4. The highest BCUT2D eigenvalue weighted by Gasteiger charge is 2.42. The molecule has 276 valence electrons. The number of rotatable bonds is 17. The second kappa shape index (κ2) is 17.0. The fraction of sp³-hybridized carbons (Fsp3) is 0.385. The smallest absolute Gasteiger partial charge is 0.315 e. The van der Waals surface area contributed by atoms with Crippen molar-refractivity contribution in [2.75, 3.05) is 30.0 Å². The van der Waals surface area contributed by atoms with Gasteiger partial charge in [0.15, 0.2) is 0 Å². The summed E-state index contributed by atoms with van der Waals surface area (Å²) in [4.78, 5) is 51.8. The first kappa shape index (κ1) is 36.0. The number of imidazole rings is 1. The third-order valence-corrected chi connectivity index (χ3v) is 11.2. The second-order valence-corrected chi connectivity index (χ2v) is 14.7. The molecule has 4 amide bonds. The summed E-state index contributed by atoms with van der Waals surface area (Å²) in [6.07, 6.45) is 5.85. The largest absolute Gasteiger partial charge is 0.494 e. The minimum atomic E-state index is -0.161. The molecule has 4 heterocycles. The van der Waals surface area contributed by atoms with E-state index in [0.717, 1.165) is 54.3 Å². The van der Waals surface area contributed by atoms with Gasteiger partial charge in [0.25, 0.3) is 0 Å². The second-order valence-electron chi connectivity index (χ2n) is 13.4. The van der Waals surface area contributed by atoms with Gasteiger partial charge in [0.1, 0.15) is 17.1 Å². The van der Waals surface area contributed by atoms with Crippen LogP contribution in [0, 0.1) is 0 Å². The zero-order chi connectivity index (χ0) is 36.6. The van der Waals surface area contributed by atoms with E-state index in [1.54, 1.807) is 11.7 Å². The van der Waals surface area contributed by atoms with Crippen LogP contribution in [-0.2, 0) is 16.1 Å². The number of carbonyl (C=O) groups excluding carboxylic acids is 3. The molecular formula is C39H45N9O4S. The number of benzene rings is 3. The summed E-state index contributed by atoms with van der Waals surface area (Å²) in [6, 6.07) is 23.8. The fourth-order valence-corrected chi connectivity index (χ4v) is 8.52. The van der Waals surface area contributed by atoms with Gasteiger partial charge in [-0.2, -0.15) is 16.7 Å². The van der Waals surface area contributed by atoms with Gasteiger partial charge in [-0.25, -0.2) is 19.3 Å². The van der Waals surface area contributed by atoms with Crippen molar-refractivity contribution in [3.63, 3.8) is 0 Å². The molecule has 14 heteroatoms. The topological polar surface area (TPSA) is 164 Å². The molecule has 5 N–H and O–H groups in total. The Morgan fingerprint density at radius 2 is 1.70 bits per heavy atom. The van der Waals surface area contributed by atoms with Gasteiger partial charge in [-0.3, -0.25) is 14.9 Å². The van der Waals surface area contributed by atoms with Crippen molar-refractivity contribution in [1.82, 2.24) is 35.5 Å². The SMILES string of the molecule is COc1cccc2c(NCc3ccccc3)nc(-n3c(NC(=O)CCCCCNC(=O)CCCC[C@@H]4SC[C@@H]5NC(=O)N[C@@H]54)nc4ccccc43)nc12. The average molecular weight is 736 g/mol. The number of hydrogen-bond donors (Lipinski definition) is 5. The predicted molar refractivity (Wildman–Crippen MR) is 209 cm³/mol. The molecule has 53 heavy (non-hydrogen) atoms. The van der Waals surface area contributed by atoms with Crippen molar-refractivity contribution in [3.8, 4) is 11.7 Å². The molecule has 0 bridgehead atoms. The lowest BCUT2D eigenvalue weighted by molar-refractivity contribution is -0.121. The number of para-hydroxylation sites is 3. The normalized spacial score (nSPS) is 17.7. The summed E-state index contributed by atoms with van der Waals surface area (Å²) < 4.78 is 7.46. The molecule has 2 fully saturated rings. The molecule has 0 saturated carbocycles. The van der Waals surface area contributed by atoms with E-state index in [9.17, 15) is 14.4 Å². The number of ether oxygens (including phenoxy) is 1. The fourth-order valence-electron chi connectivity index (χ4n) is 6.97. The van der Waals surface area contributed by atoms with Gasteiger partial charge in [0.2, 0.25) is 23.7 Å². The lowest BCUT2D eigenvalue weighted by Gasteiger charge is -2.16. The molecule has 2 aromatic heterocycles. The van der Waals surface area contributed by atoms with Gasteiger partial charge >= 0.3 is 6.03 Å². The van der Waals surface area contributed by atoms with Crippen LogP contribution in [0.1, 0.15) is 56.9 Å². The molecule has 0 radical (unpaired) electrons. The molecule has 13 nitrogen and oxygen atoms in total. The van der Waals surface area contributed by atoms with Gasteiger partial charge < -0.3 is 26.0 Å². The molecule has 2 saturated heterocycles. The maximum atomic E-state index is 13.2. The van der Waals surface area contributed by atoms with E-state index >= 15 is 0 Å². The van der Waals surface area contributed by atoms with Gasteiger partial charge in [0.05, 0.1) is 30.2 Å². The van der Waals surface area contributed by atoms with Crippen molar-refractivity contribution in [2.24, 2.45) is 0 Å². The summed E-state index contributed by atoms with van der Waals surface area (Å²) >= 11 is 1.90. The molecule has 0 unspecified atom stereocenters. The standard InChI is InChI=1S/C39H45N9O4S/c1-52-30-18-12-15-26-34(30)45-38(47-36(26)41-23-25-13-4-2-5-14-25)48-29-17-8-7-16-27(29)42-37(48)44-33(50)21-6-3-11-22-40-32(49)20-10-9-19-31-35-28(24-53-31)43-39(51)46-35/h2,4-5,7-8,12-18,28,31,35H,3,6,9-11,19-24H2,1H3,(H,40,49)(H,41,45,47)(H,42,44,50)(H2,43,46,51)/t28-,31-,35-/m0/s1. The minimum absolute atomic E-state index is 0.0568. The Morgan fingerprint density at radius 3 is 2.57 bits per heavy atom. The number of fused-ring (bicyclic) bond motifs is 3. The van der Waals surface area contributed by atoms with Crippen LogP contribution in [0.25, 0.3) is 27.9 Å². The van der Waals surface area contributed by atoms with Gasteiger partial charge in [0, 0.05) is 42.3 Å². The first-order chi connectivity index (χ1) is 26.0. The Labute approximate surface area is 312 Å². The first-order valence-electron chi connectivity index (χ1n) is 18.3. The number of amides is 4. The Hall–Kier alpha value is -5.37. The molecule has 0 aliphatic carbocycles. The lowest BCUT2D eigenvalue weighted by atomic mass is 10.0. The van der Waals surface area contributed by atoms with Gasteiger partial charge in [-0.15, -0.1) is 0 Å². The monoisotopic (exact) mass is 735 g/mol. The third-order valence-electron chi connectivity index (χ3n) is 9.70. The van der Waals surface area contributed by atoms with Crippen LogP contribution in [-0.4, -0.2) is 74.1 Å². The quantitative estimate of drug-likeness (QED) is 0.0575. The van der Waals surface area contributed by atoms with Crippen molar-refractivity contribution in [2.45, 2.75) is 75.2 Å². The number of unbranched alkanes of at least 4 members (excludes halogenated alkanes) is 3. The molecule has 2 aliphatic rings. The zero-order valence-corrected chi connectivity index (χ0v) is 30.6. The molecular weight excluding hydrogens is 691 g/mol. The van der Waals surface area contributed by atoms with Crippen molar-refractivity contribution in [1.29, 1.82) is 0 Å². The van der Waals surface area contributed by atoms with E-state index in [-0.39, 0.29) is 29.9 Å². The Kier molecular flexibility index (Phi) is 11.5.